The van der Waals surface area contributed by atoms with Gasteiger partial charge in [-0.1, -0.05) is 0 Å². The summed E-state index contributed by atoms with van der Waals surface area (Å²) in [5.41, 5.74) is 6.25. The Morgan fingerprint density at radius 1 is 1.41 bits per heavy atom. The lowest BCUT2D eigenvalue weighted by molar-refractivity contribution is 0.0374. The Morgan fingerprint density at radius 2 is 2.18 bits per heavy atom. The number of nitrogens with two attached hydrogens (primary N) is 1. The Bertz CT molecular complexity index is 730. The molecule has 3 N–H and O–H groups in total. The van der Waals surface area contributed by atoms with Crippen molar-refractivity contribution < 1.29 is 9.53 Å². The molecule has 8 nitrogen and oxygen atoms in total. The second-order valence-electron chi connectivity index (χ2n) is 5.35. The number of fused-ring (bicyclic) bond motifs is 1. The maximum absolute atomic E-state index is 12.0. The Labute approximate surface area is 126 Å². The van der Waals surface area contributed by atoms with Crippen LogP contribution >= 0.6 is 0 Å². The standard InChI is InChI=1S/C14H19N5O3/c15-13(21)11-9-16-19-12(20)8-10(17-14(11)19)2-1-3-18-4-6-22-7-5-18/h8-9,16H,1-7H2,(H2,15,21). The Kier molecular flexibility index (Phi) is 4.21. The molecule has 0 saturated carbocycles. The van der Waals surface area contributed by atoms with Crippen molar-refractivity contribution in [1.29, 1.82) is 0 Å². The third-order valence-electron chi connectivity index (χ3n) is 3.83. The fourth-order valence-electron chi connectivity index (χ4n) is 2.65. The minimum Gasteiger partial charge on any atom is -0.379 e. The normalized spacial score (nSPS) is 16.2. The summed E-state index contributed by atoms with van der Waals surface area (Å²) in [7, 11) is 0. The number of primary amides is 1. The molecule has 1 aliphatic rings. The van der Waals surface area contributed by atoms with Crippen molar-refractivity contribution in [2.45, 2.75) is 12.8 Å². The Balaban J connectivity index is 1.72. The number of hydrogen-bond acceptors (Lipinski definition) is 5. The highest BCUT2D eigenvalue weighted by atomic mass is 16.5. The molecule has 0 bridgehead atoms. The Morgan fingerprint density at radius 3 is 2.91 bits per heavy atom. The van der Waals surface area contributed by atoms with Gasteiger partial charge in [0.2, 0.25) is 0 Å². The molecule has 1 amide bonds. The molecule has 2 aromatic rings. The number of H-pyrrole nitrogens is 1. The number of amides is 1. The van der Waals surface area contributed by atoms with Gasteiger partial charge in [0, 0.05) is 31.0 Å². The van der Waals surface area contributed by atoms with Crippen LogP contribution in [-0.4, -0.2) is 58.3 Å². The van der Waals surface area contributed by atoms with Crippen molar-refractivity contribution in [3.05, 3.63) is 33.9 Å². The Hall–Kier alpha value is -2.19. The van der Waals surface area contributed by atoms with Gasteiger partial charge in [0.15, 0.2) is 5.65 Å². The van der Waals surface area contributed by atoms with Crippen LogP contribution in [0.15, 0.2) is 17.1 Å². The van der Waals surface area contributed by atoms with Crippen molar-refractivity contribution in [1.82, 2.24) is 19.5 Å². The number of aromatic amines is 1. The van der Waals surface area contributed by atoms with E-state index in [1.807, 2.05) is 0 Å². The number of aryl methyl sites for hydroxylation is 1. The van der Waals surface area contributed by atoms with Gasteiger partial charge in [-0.15, -0.1) is 0 Å². The first-order chi connectivity index (χ1) is 10.6. The lowest BCUT2D eigenvalue weighted by Gasteiger charge is -2.26. The molecule has 8 heteroatoms. The van der Waals surface area contributed by atoms with Crippen LogP contribution in [0.1, 0.15) is 22.5 Å². The summed E-state index contributed by atoms with van der Waals surface area (Å²) in [5, 5.41) is 2.69. The smallest absolute Gasteiger partial charge is 0.272 e. The van der Waals surface area contributed by atoms with Crippen molar-refractivity contribution in [2.24, 2.45) is 5.73 Å². The van der Waals surface area contributed by atoms with E-state index in [2.05, 4.69) is 15.0 Å². The van der Waals surface area contributed by atoms with Gasteiger partial charge >= 0.3 is 0 Å². The number of morpholine rings is 1. The van der Waals surface area contributed by atoms with Crippen molar-refractivity contribution in [2.75, 3.05) is 32.8 Å². The van der Waals surface area contributed by atoms with Crippen LogP contribution in [0.2, 0.25) is 0 Å². The number of hydrogen-bond donors (Lipinski definition) is 2. The molecule has 1 fully saturated rings. The summed E-state index contributed by atoms with van der Waals surface area (Å²) < 4.78 is 6.54. The number of carbonyl (C=O) groups is 1. The van der Waals surface area contributed by atoms with E-state index in [1.165, 1.54) is 16.8 Å². The predicted octanol–water partition coefficient (Wildman–Crippen LogP) is -0.614. The zero-order valence-electron chi connectivity index (χ0n) is 12.2. The molecule has 22 heavy (non-hydrogen) atoms. The molecule has 0 aliphatic carbocycles. The van der Waals surface area contributed by atoms with E-state index in [-0.39, 0.29) is 11.1 Å². The SMILES string of the molecule is NC(=O)c1c[nH]n2c(=O)cc(CCCN3CCOCC3)nc12. The highest BCUT2D eigenvalue weighted by Crippen LogP contribution is 2.08. The van der Waals surface area contributed by atoms with E-state index in [1.54, 1.807) is 0 Å². The number of ether oxygens (including phenoxy) is 1. The summed E-state index contributed by atoms with van der Waals surface area (Å²) in [4.78, 5) is 30.1. The van der Waals surface area contributed by atoms with Gasteiger partial charge in [-0.25, -0.2) is 9.50 Å². The number of rotatable bonds is 5. The summed E-state index contributed by atoms with van der Waals surface area (Å²) in [5.74, 6) is -0.601. The predicted molar refractivity (Wildman–Crippen MR) is 79.9 cm³/mol. The van der Waals surface area contributed by atoms with Crippen molar-refractivity contribution in [3.8, 4) is 0 Å². The van der Waals surface area contributed by atoms with E-state index in [0.29, 0.717) is 17.8 Å². The fourth-order valence-corrected chi connectivity index (χ4v) is 2.65. The zero-order valence-corrected chi connectivity index (χ0v) is 12.2. The summed E-state index contributed by atoms with van der Waals surface area (Å²) in [6, 6.07) is 1.49. The van der Waals surface area contributed by atoms with Gasteiger partial charge in [-0.2, -0.15) is 0 Å². The van der Waals surface area contributed by atoms with Crippen LogP contribution < -0.4 is 11.3 Å². The largest absolute Gasteiger partial charge is 0.379 e. The summed E-state index contributed by atoms with van der Waals surface area (Å²) in [6.45, 7) is 4.38. The van der Waals surface area contributed by atoms with Gasteiger partial charge in [0.1, 0.15) is 5.56 Å². The molecule has 0 unspecified atom stereocenters. The first kappa shape index (κ1) is 14.7. The molecular formula is C14H19N5O3. The monoisotopic (exact) mass is 305 g/mol. The highest BCUT2D eigenvalue weighted by molar-refractivity contribution is 5.98. The number of nitrogens with zero attached hydrogens (tertiary/aromatic N) is 3. The van der Waals surface area contributed by atoms with Crippen LogP contribution in [-0.2, 0) is 11.2 Å². The summed E-state index contributed by atoms with van der Waals surface area (Å²) in [6.07, 6.45) is 3.00. The molecule has 0 radical (unpaired) electrons. The first-order valence-electron chi connectivity index (χ1n) is 7.35. The van der Waals surface area contributed by atoms with Gasteiger partial charge in [-0.3, -0.25) is 19.6 Å². The van der Waals surface area contributed by atoms with E-state index in [9.17, 15) is 9.59 Å². The van der Waals surface area contributed by atoms with Crippen LogP contribution in [0.4, 0.5) is 0 Å². The molecule has 0 aromatic carbocycles. The van der Waals surface area contributed by atoms with Gasteiger partial charge in [0.25, 0.3) is 11.5 Å². The lowest BCUT2D eigenvalue weighted by Crippen LogP contribution is -2.37. The van der Waals surface area contributed by atoms with E-state index >= 15 is 0 Å². The van der Waals surface area contributed by atoms with Crippen molar-refractivity contribution in [3.63, 3.8) is 0 Å². The first-order valence-corrected chi connectivity index (χ1v) is 7.35. The maximum atomic E-state index is 12.0. The third kappa shape index (κ3) is 3.02. The second-order valence-corrected chi connectivity index (χ2v) is 5.35. The molecule has 0 spiro atoms. The molecular weight excluding hydrogens is 286 g/mol. The van der Waals surface area contributed by atoms with Gasteiger partial charge in [-0.05, 0) is 19.4 Å². The topological polar surface area (TPSA) is 106 Å². The van der Waals surface area contributed by atoms with E-state index in [4.69, 9.17) is 10.5 Å². The lowest BCUT2D eigenvalue weighted by atomic mass is 10.2. The number of carbonyl (C=O) groups excluding carboxylic acids is 1. The van der Waals surface area contributed by atoms with Crippen molar-refractivity contribution >= 4 is 11.6 Å². The van der Waals surface area contributed by atoms with Crippen LogP contribution in [0.25, 0.3) is 5.65 Å². The van der Waals surface area contributed by atoms with Crippen LogP contribution in [0, 0.1) is 0 Å². The molecule has 3 rings (SSSR count). The molecule has 3 heterocycles. The number of aromatic nitrogens is 3. The fraction of sp³-hybridized carbons (Fsp3) is 0.500. The van der Waals surface area contributed by atoms with E-state index in [0.717, 1.165) is 39.3 Å². The molecule has 2 aromatic heterocycles. The minimum atomic E-state index is -0.601. The average molecular weight is 305 g/mol. The number of nitrogens with one attached hydrogen (secondary N) is 1. The molecule has 1 saturated heterocycles. The molecule has 1 aliphatic heterocycles. The quantitative estimate of drug-likeness (QED) is 0.766. The van der Waals surface area contributed by atoms with Crippen LogP contribution in [0.3, 0.4) is 0 Å². The second kappa shape index (κ2) is 6.29. The summed E-state index contributed by atoms with van der Waals surface area (Å²) >= 11 is 0. The van der Waals surface area contributed by atoms with Crippen LogP contribution in [0.5, 0.6) is 0 Å². The zero-order chi connectivity index (χ0) is 15.5. The van der Waals surface area contributed by atoms with E-state index < -0.39 is 5.91 Å². The van der Waals surface area contributed by atoms with Gasteiger partial charge < -0.3 is 10.5 Å². The third-order valence-corrected chi connectivity index (χ3v) is 3.83. The highest BCUT2D eigenvalue weighted by Gasteiger charge is 2.14. The van der Waals surface area contributed by atoms with Gasteiger partial charge in [0.05, 0.1) is 13.2 Å². The average Bonchev–Trinajstić information content (AvgIpc) is 2.93. The molecule has 0 atom stereocenters. The maximum Gasteiger partial charge on any atom is 0.272 e. The minimum absolute atomic E-state index is 0.229. The molecule has 118 valence electrons.